The lowest BCUT2D eigenvalue weighted by Crippen LogP contribution is -2.00. The molecule has 4 nitrogen and oxygen atoms in total. The predicted octanol–water partition coefficient (Wildman–Crippen LogP) is 1.03. The topological polar surface area (TPSA) is 87.1 Å². The van der Waals surface area contributed by atoms with Crippen molar-refractivity contribution in [3.63, 3.8) is 0 Å². The molecular formula is C9H8N2O2. The minimum absolute atomic E-state index is 0.138. The van der Waals surface area contributed by atoms with E-state index in [1.165, 1.54) is 12.1 Å². The highest BCUT2D eigenvalue weighted by Crippen LogP contribution is 2.14. The number of rotatable bonds is 2. The quantitative estimate of drug-likeness (QED) is 0.659. The maximum absolute atomic E-state index is 10.5. The SMILES string of the molecule is N#CCc1ccc(C(=O)O)cc1N. The van der Waals surface area contributed by atoms with Crippen molar-refractivity contribution in [2.75, 3.05) is 5.73 Å². The zero-order valence-electron chi connectivity index (χ0n) is 6.82. The van der Waals surface area contributed by atoms with E-state index >= 15 is 0 Å². The zero-order valence-corrected chi connectivity index (χ0v) is 6.82. The number of anilines is 1. The first kappa shape index (κ1) is 9.07. The molecule has 0 saturated carbocycles. The Morgan fingerprint density at radius 2 is 2.31 bits per heavy atom. The summed E-state index contributed by atoms with van der Waals surface area (Å²) < 4.78 is 0. The maximum atomic E-state index is 10.5. The fourth-order valence-corrected chi connectivity index (χ4v) is 0.974. The third-order valence-electron chi connectivity index (χ3n) is 1.66. The van der Waals surface area contributed by atoms with E-state index in [-0.39, 0.29) is 12.0 Å². The van der Waals surface area contributed by atoms with Gasteiger partial charge in [0, 0.05) is 5.69 Å². The van der Waals surface area contributed by atoms with Gasteiger partial charge in [-0.2, -0.15) is 5.26 Å². The van der Waals surface area contributed by atoms with Gasteiger partial charge in [0.1, 0.15) is 0 Å². The molecule has 0 amide bonds. The number of nitriles is 1. The lowest BCUT2D eigenvalue weighted by atomic mass is 10.1. The molecule has 0 aliphatic carbocycles. The summed E-state index contributed by atoms with van der Waals surface area (Å²) in [6.07, 6.45) is 0.200. The smallest absolute Gasteiger partial charge is 0.335 e. The molecule has 1 aromatic rings. The minimum Gasteiger partial charge on any atom is -0.478 e. The monoisotopic (exact) mass is 176 g/mol. The Morgan fingerprint density at radius 1 is 1.62 bits per heavy atom. The summed E-state index contributed by atoms with van der Waals surface area (Å²) in [5.41, 5.74) is 6.68. The lowest BCUT2D eigenvalue weighted by molar-refractivity contribution is 0.0697. The van der Waals surface area contributed by atoms with Crippen molar-refractivity contribution in [2.45, 2.75) is 6.42 Å². The van der Waals surface area contributed by atoms with Crippen LogP contribution in [0.1, 0.15) is 15.9 Å². The number of carboxylic acids is 1. The van der Waals surface area contributed by atoms with Crippen molar-refractivity contribution in [3.05, 3.63) is 29.3 Å². The van der Waals surface area contributed by atoms with E-state index in [2.05, 4.69) is 0 Å². The summed E-state index contributed by atoms with van der Waals surface area (Å²) in [5.74, 6) is -1.02. The van der Waals surface area contributed by atoms with Crippen molar-refractivity contribution in [1.29, 1.82) is 5.26 Å². The van der Waals surface area contributed by atoms with Crippen molar-refractivity contribution < 1.29 is 9.90 Å². The molecule has 0 saturated heterocycles. The molecule has 0 atom stereocenters. The van der Waals surface area contributed by atoms with Crippen LogP contribution in [0.5, 0.6) is 0 Å². The number of nitrogens with zero attached hydrogens (tertiary/aromatic N) is 1. The van der Waals surface area contributed by atoms with Crippen LogP contribution in [0.15, 0.2) is 18.2 Å². The van der Waals surface area contributed by atoms with Gasteiger partial charge in [-0.25, -0.2) is 4.79 Å². The summed E-state index contributed by atoms with van der Waals surface area (Å²) in [5, 5.41) is 17.0. The van der Waals surface area contributed by atoms with Gasteiger partial charge < -0.3 is 10.8 Å². The molecule has 0 bridgehead atoms. The fourth-order valence-electron chi connectivity index (χ4n) is 0.974. The molecule has 0 aliphatic heterocycles. The molecule has 0 unspecified atom stereocenters. The normalized spacial score (nSPS) is 9.15. The average molecular weight is 176 g/mol. The van der Waals surface area contributed by atoms with Gasteiger partial charge in [-0.1, -0.05) is 6.07 Å². The largest absolute Gasteiger partial charge is 0.478 e. The Hall–Kier alpha value is -2.02. The summed E-state index contributed by atoms with van der Waals surface area (Å²) in [4.78, 5) is 10.5. The van der Waals surface area contributed by atoms with Crippen LogP contribution in [-0.2, 0) is 6.42 Å². The molecule has 4 heteroatoms. The predicted molar refractivity (Wildman–Crippen MR) is 47.1 cm³/mol. The summed E-state index contributed by atoms with van der Waals surface area (Å²) in [6, 6.07) is 6.30. The van der Waals surface area contributed by atoms with E-state index in [9.17, 15) is 4.79 Å². The van der Waals surface area contributed by atoms with Gasteiger partial charge >= 0.3 is 5.97 Å². The number of hydrogen-bond donors (Lipinski definition) is 2. The highest BCUT2D eigenvalue weighted by molar-refractivity contribution is 5.89. The van der Waals surface area contributed by atoms with Crippen LogP contribution < -0.4 is 5.73 Å². The highest BCUT2D eigenvalue weighted by atomic mass is 16.4. The first-order valence-corrected chi connectivity index (χ1v) is 3.64. The Kier molecular flexibility index (Phi) is 2.50. The maximum Gasteiger partial charge on any atom is 0.335 e. The third-order valence-corrected chi connectivity index (χ3v) is 1.66. The van der Waals surface area contributed by atoms with Crippen LogP contribution in [-0.4, -0.2) is 11.1 Å². The van der Waals surface area contributed by atoms with Crippen molar-refractivity contribution >= 4 is 11.7 Å². The van der Waals surface area contributed by atoms with E-state index in [0.717, 1.165) is 0 Å². The first-order valence-electron chi connectivity index (χ1n) is 3.64. The van der Waals surface area contributed by atoms with Gasteiger partial charge in [0.25, 0.3) is 0 Å². The van der Waals surface area contributed by atoms with Crippen molar-refractivity contribution in [2.24, 2.45) is 0 Å². The molecule has 0 heterocycles. The molecule has 3 N–H and O–H groups in total. The van der Waals surface area contributed by atoms with Crippen LogP contribution in [0.25, 0.3) is 0 Å². The Bertz CT molecular complexity index is 380. The molecular weight excluding hydrogens is 168 g/mol. The molecule has 1 rings (SSSR count). The summed E-state index contributed by atoms with van der Waals surface area (Å²) >= 11 is 0. The lowest BCUT2D eigenvalue weighted by Gasteiger charge is -2.01. The van der Waals surface area contributed by atoms with Crippen molar-refractivity contribution in [1.82, 2.24) is 0 Å². The third kappa shape index (κ3) is 1.97. The minimum atomic E-state index is -1.02. The van der Waals surface area contributed by atoms with E-state index in [1.54, 1.807) is 6.07 Å². The number of hydrogen-bond acceptors (Lipinski definition) is 3. The Balaban J connectivity index is 3.07. The van der Waals surface area contributed by atoms with Gasteiger partial charge in [-0.05, 0) is 17.7 Å². The van der Waals surface area contributed by atoms with Gasteiger partial charge in [-0.3, -0.25) is 0 Å². The van der Waals surface area contributed by atoms with Gasteiger partial charge in [0.05, 0.1) is 18.1 Å². The standard InChI is InChI=1S/C9H8N2O2/c10-4-3-6-1-2-7(9(12)13)5-8(6)11/h1-2,5H,3,11H2,(H,12,13). The van der Waals surface area contributed by atoms with Crippen LogP contribution >= 0.6 is 0 Å². The number of aromatic carboxylic acids is 1. The second-order valence-electron chi connectivity index (χ2n) is 2.55. The van der Waals surface area contributed by atoms with Crippen LogP contribution in [0, 0.1) is 11.3 Å². The molecule has 0 aromatic heterocycles. The Morgan fingerprint density at radius 3 is 2.77 bits per heavy atom. The fraction of sp³-hybridized carbons (Fsp3) is 0.111. The average Bonchev–Trinajstić information content (AvgIpc) is 2.08. The first-order chi connectivity index (χ1) is 6.15. The summed E-state index contributed by atoms with van der Waals surface area (Å²) in [6.45, 7) is 0. The van der Waals surface area contributed by atoms with Gasteiger partial charge in [-0.15, -0.1) is 0 Å². The zero-order chi connectivity index (χ0) is 9.84. The molecule has 0 aliphatic rings. The highest BCUT2D eigenvalue weighted by Gasteiger charge is 2.05. The van der Waals surface area contributed by atoms with E-state index in [4.69, 9.17) is 16.1 Å². The molecule has 0 radical (unpaired) electrons. The van der Waals surface area contributed by atoms with E-state index < -0.39 is 5.97 Å². The number of nitrogen functional groups attached to an aromatic ring is 1. The van der Waals surface area contributed by atoms with Crippen LogP contribution in [0.2, 0.25) is 0 Å². The molecule has 13 heavy (non-hydrogen) atoms. The molecule has 1 aromatic carbocycles. The Labute approximate surface area is 75.2 Å². The summed E-state index contributed by atoms with van der Waals surface area (Å²) in [7, 11) is 0. The second-order valence-corrected chi connectivity index (χ2v) is 2.55. The number of carbonyl (C=O) groups is 1. The van der Waals surface area contributed by atoms with E-state index in [0.29, 0.717) is 11.3 Å². The molecule has 0 spiro atoms. The molecule has 66 valence electrons. The second kappa shape index (κ2) is 3.59. The van der Waals surface area contributed by atoms with E-state index in [1.807, 2.05) is 6.07 Å². The molecule has 0 fully saturated rings. The number of nitrogens with two attached hydrogens (primary N) is 1. The number of carboxylic acid groups (broad SMARTS) is 1. The van der Waals surface area contributed by atoms with Gasteiger partial charge in [0.15, 0.2) is 0 Å². The van der Waals surface area contributed by atoms with Crippen molar-refractivity contribution in [3.8, 4) is 6.07 Å². The number of benzene rings is 1. The van der Waals surface area contributed by atoms with Crippen LogP contribution in [0.4, 0.5) is 5.69 Å². The van der Waals surface area contributed by atoms with Crippen LogP contribution in [0.3, 0.4) is 0 Å². The van der Waals surface area contributed by atoms with Gasteiger partial charge in [0.2, 0.25) is 0 Å².